The first-order valence-corrected chi connectivity index (χ1v) is 5.13. The van der Waals surface area contributed by atoms with Crippen LogP contribution < -0.4 is 10.2 Å². The van der Waals surface area contributed by atoms with E-state index in [1.54, 1.807) is 24.3 Å². The maximum Gasteiger partial charge on any atom is 0.240 e. The Kier molecular flexibility index (Phi) is 4.77. The topological polar surface area (TPSA) is 45.2 Å². The monoisotopic (exact) mass is 207 g/mol. The van der Waals surface area contributed by atoms with E-state index in [0.717, 1.165) is 18.7 Å². The first-order valence-electron chi connectivity index (χ1n) is 5.13. The van der Waals surface area contributed by atoms with Gasteiger partial charge < -0.3 is 10.2 Å². The summed E-state index contributed by atoms with van der Waals surface area (Å²) in [6.07, 6.45) is 4.40. The van der Waals surface area contributed by atoms with Crippen LogP contribution in [-0.2, 0) is 4.79 Å². The Balaban J connectivity index is 2.46. The summed E-state index contributed by atoms with van der Waals surface area (Å²) in [6.45, 7) is 3.31. The molecule has 1 aromatic heterocycles. The Morgan fingerprint density at radius 1 is 1.60 bits per heavy atom. The van der Waals surface area contributed by atoms with Crippen molar-refractivity contribution in [3.63, 3.8) is 0 Å². The van der Waals surface area contributed by atoms with E-state index in [9.17, 15) is 4.79 Å². The Hall–Kier alpha value is -1.42. The van der Waals surface area contributed by atoms with E-state index < -0.39 is 0 Å². The molecule has 0 spiro atoms. The molecule has 1 aromatic rings. The number of anilines is 1. The highest BCUT2D eigenvalue weighted by molar-refractivity contribution is 5.94. The highest BCUT2D eigenvalue weighted by atomic mass is 16.2. The van der Waals surface area contributed by atoms with Gasteiger partial charge in [-0.15, -0.1) is 0 Å². The van der Waals surface area contributed by atoms with Crippen LogP contribution in [0.5, 0.6) is 0 Å². The van der Waals surface area contributed by atoms with Crippen molar-refractivity contribution in [1.82, 2.24) is 10.3 Å². The van der Waals surface area contributed by atoms with Crippen LogP contribution in [-0.4, -0.2) is 31.0 Å². The first-order chi connectivity index (χ1) is 7.25. The molecule has 1 heterocycles. The molecule has 82 valence electrons. The standard InChI is InChI=1S/C11H17N3O/c1-3-6-12-9-11(15)14(2)10-5-4-7-13-8-10/h4-5,7-8,12H,3,6,9H2,1-2H3. The van der Waals surface area contributed by atoms with Gasteiger partial charge in [0.1, 0.15) is 0 Å². The summed E-state index contributed by atoms with van der Waals surface area (Å²) in [5.41, 5.74) is 0.820. The molecule has 0 saturated heterocycles. The van der Waals surface area contributed by atoms with Crippen molar-refractivity contribution in [2.75, 3.05) is 25.0 Å². The first kappa shape index (κ1) is 11.7. The van der Waals surface area contributed by atoms with E-state index in [2.05, 4.69) is 17.2 Å². The number of amides is 1. The van der Waals surface area contributed by atoms with Crippen LogP contribution in [0.15, 0.2) is 24.5 Å². The molecule has 1 rings (SSSR count). The average molecular weight is 207 g/mol. The Labute approximate surface area is 90.3 Å². The van der Waals surface area contributed by atoms with Crippen LogP contribution >= 0.6 is 0 Å². The van der Waals surface area contributed by atoms with E-state index in [4.69, 9.17) is 0 Å². The van der Waals surface area contributed by atoms with Crippen LogP contribution in [0.2, 0.25) is 0 Å². The number of hydrogen-bond donors (Lipinski definition) is 1. The van der Waals surface area contributed by atoms with Crippen molar-refractivity contribution >= 4 is 11.6 Å². The van der Waals surface area contributed by atoms with Crippen LogP contribution in [0.1, 0.15) is 13.3 Å². The predicted molar refractivity (Wildman–Crippen MR) is 60.8 cm³/mol. The van der Waals surface area contributed by atoms with Crippen LogP contribution in [0, 0.1) is 0 Å². The highest BCUT2D eigenvalue weighted by Gasteiger charge is 2.09. The minimum absolute atomic E-state index is 0.0523. The van der Waals surface area contributed by atoms with Gasteiger partial charge in [0.05, 0.1) is 18.4 Å². The van der Waals surface area contributed by atoms with Crippen LogP contribution in [0.25, 0.3) is 0 Å². The second kappa shape index (κ2) is 6.14. The summed E-state index contributed by atoms with van der Waals surface area (Å²) in [6, 6.07) is 3.68. The molecule has 0 atom stereocenters. The minimum atomic E-state index is 0.0523. The van der Waals surface area contributed by atoms with Crippen LogP contribution in [0.3, 0.4) is 0 Å². The molecular weight excluding hydrogens is 190 g/mol. The zero-order valence-electron chi connectivity index (χ0n) is 9.23. The minimum Gasteiger partial charge on any atom is -0.313 e. The highest BCUT2D eigenvalue weighted by Crippen LogP contribution is 2.08. The van der Waals surface area contributed by atoms with E-state index in [1.165, 1.54) is 0 Å². The number of carbonyl (C=O) groups excluding carboxylic acids is 1. The molecule has 15 heavy (non-hydrogen) atoms. The van der Waals surface area contributed by atoms with Crippen molar-refractivity contribution in [2.24, 2.45) is 0 Å². The molecule has 0 aliphatic carbocycles. The molecule has 0 aliphatic rings. The third-order valence-electron chi connectivity index (χ3n) is 2.11. The molecule has 0 radical (unpaired) electrons. The molecule has 0 bridgehead atoms. The number of carbonyl (C=O) groups is 1. The summed E-state index contributed by atoms with van der Waals surface area (Å²) in [4.78, 5) is 17.2. The summed E-state index contributed by atoms with van der Waals surface area (Å²) in [5.74, 6) is 0.0523. The molecule has 4 nitrogen and oxygen atoms in total. The van der Waals surface area contributed by atoms with Crippen molar-refractivity contribution in [3.05, 3.63) is 24.5 Å². The fourth-order valence-electron chi connectivity index (χ4n) is 1.19. The number of hydrogen-bond acceptors (Lipinski definition) is 3. The normalized spacial score (nSPS) is 10.0. The lowest BCUT2D eigenvalue weighted by molar-refractivity contribution is -0.117. The number of likely N-dealkylation sites (N-methyl/N-ethyl adjacent to an activating group) is 1. The predicted octanol–water partition coefficient (Wildman–Crippen LogP) is 1.04. The molecule has 0 saturated carbocycles. The lowest BCUT2D eigenvalue weighted by Crippen LogP contribution is -2.35. The number of nitrogens with zero attached hydrogens (tertiary/aromatic N) is 2. The van der Waals surface area contributed by atoms with Gasteiger partial charge in [0.2, 0.25) is 5.91 Å². The Morgan fingerprint density at radius 2 is 2.40 bits per heavy atom. The van der Waals surface area contributed by atoms with E-state index in [-0.39, 0.29) is 5.91 Å². The molecule has 0 aromatic carbocycles. The Morgan fingerprint density at radius 3 is 3.00 bits per heavy atom. The number of aromatic nitrogens is 1. The smallest absolute Gasteiger partial charge is 0.240 e. The van der Waals surface area contributed by atoms with Crippen molar-refractivity contribution in [2.45, 2.75) is 13.3 Å². The molecule has 4 heteroatoms. The maximum absolute atomic E-state index is 11.7. The maximum atomic E-state index is 11.7. The van der Waals surface area contributed by atoms with Gasteiger partial charge in [-0.25, -0.2) is 0 Å². The third kappa shape index (κ3) is 3.67. The molecule has 0 fully saturated rings. The van der Waals surface area contributed by atoms with E-state index in [1.807, 2.05) is 12.1 Å². The van der Waals surface area contributed by atoms with E-state index >= 15 is 0 Å². The number of pyridine rings is 1. The lowest BCUT2D eigenvalue weighted by Gasteiger charge is -2.16. The second-order valence-electron chi connectivity index (χ2n) is 3.34. The van der Waals surface area contributed by atoms with Gasteiger partial charge in [0.25, 0.3) is 0 Å². The number of rotatable bonds is 5. The molecular formula is C11H17N3O. The van der Waals surface area contributed by atoms with Gasteiger partial charge in [0.15, 0.2) is 0 Å². The van der Waals surface area contributed by atoms with Gasteiger partial charge in [-0.05, 0) is 25.1 Å². The molecule has 0 aliphatic heterocycles. The van der Waals surface area contributed by atoms with Gasteiger partial charge >= 0.3 is 0 Å². The largest absolute Gasteiger partial charge is 0.313 e. The lowest BCUT2D eigenvalue weighted by atomic mass is 10.3. The van der Waals surface area contributed by atoms with Gasteiger partial charge in [-0.2, -0.15) is 0 Å². The summed E-state index contributed by atoms with van der Waals surface area (Å²) >= 11 is 0. The van der Waals surface area contributed by atoms with Crippen molar-refractivity contribution in [3.8, 4) is 0 Å². The second-order valence-corrected chi connectivity index (χ2v) is 3.34. The van der Waals surface area contributed by atoms with E-state index in [0.29, 0.717) is 6.54 Å². The fourth-order valence-corrected chi connectivity index (χ4v) is 1.19. The molecule has 1 amide bonds. The van der Waals surface area contributed by atoms with Gasteiger partial charge in [-0.3, -0.25) is 9.78 Å². The quantitative estimate of drug-likeness (QED) is 0.734. The van der Waals surface area contributed by atoms with Crippen LogP contribution in [0.4, 0.5) is 5.69 Å². The fraction of sp³-hybridized carbons (Fsp3) is 0.455. The summed E-state index contributed by atoms with van der Waals surface area (Å²) in [5, 5.41) is 3.07. The zero-order chi connectivity index (χ0) is 11.1. The van der Waals surface area contributed by atoms with Gasteiger partial charge in [0, 0.05) is 13.2 Å². The molecule has 0 unspecified atom stereocenters. The summed E-state index contributed by atoms with van der Waals surface area (Å²) in [7, 11) is 1.76. The number of nitrogens with one attached hydrogen (secondary N) is 1. The Bertz CT molecular complexity index is 300. The summed E-state index contributed by atoms with van der Waals surface area (Å²) < 4.78 is 0. The third-order valence-corrected chi connectivity index (χ3v) is 2.11. The average Bonchev–Trinajstić information content (AvgIpc) is 2.29. The zero-order valence-corrected chi connectivity index (χ0v) is 9.23. The SMILES string of the molecule is CCCNCC(=O)N(C)c1cccnc1. The van der Waals surface area contributed by atoms with Gasteiger partial charge in [-0.1, -0.05) is 6.92 Å². The van der Waals surface area contributed by atoms with Crippen molar-refractivity contribution in [1.29, 1.82) is 0 Å². The van der Waals surface area contributed by atoms with Crippen molar-refractivity contribution < 1.29 is 4.79 Å². The molecule has 1 N–H and O–H groups in total.